The summed E-state index contributed by atoms with van der Waals surface area (Å²) in [5.74, 6) is 2.25. The van der Waals surface area contributed by atoms with Crippen LogP contribution >= 0.6 is 0 Å². The molecule has 110 valence electrons. The van der Waals surface area contributed by atoms with E-state index in [1.807, 2.05) is 43.6 Å². The monoisotopic (exact) mass is 293 g/mol. The summed E-state index contributed by atoms with van der Waals surface area (Å²) in [5.41, 5.74) is 2.05. The molecule has 0 aliphatic rings. The van der Waals surface area contributed by atoms with Gasteiger partial charge in [0.2, 0.25) is 11.7 Å². The van der Waals surface area contributed by atoms with Crippen molar-refractivity contribution < 1.29 is 4.52 Å². The van der Waals surface area contributed by atoms with Crippen LogP contribution in [0.25, 0.3) is 22.3 Å². The van der Waals surface area contributed by atoms with Crippen LogP contribution in [0.2, 0.25) is 0 Å². The fourth-order valence-corrected chi connectivity index (χ4v) is 2.60. The van der Waals surface area contributed by atoms with Gasteiger partial charge in [-0.15, -0.1) is 0 Å². The molecule has 3 aromatic heterocycles. The second-order valence-corrected chi connectivity index (χ2v) is 5.17. The third-order valence-electron chi connectivity index (χ3n) is 3.79. The second kappa shape index (κ2) is 5.14. The normalized spacial score (nSPS) is 11.3. The molecule has 1 N–H and O–H groups in total. The molecule has 6 heteroatoms. The van der Waals surface area contributed by atoms with Crippen molar-refractivity contribution in [2.45, 2.75) is 19.9 Å². The summed E-state index contributed by atoms with van der Waals surface area (Å²) in [6, 6.07) is 8.04. The van der Waals surface area contributed by atoms with Crippen LogP contribution in [-0.4, -0.2) is 24.7 Å². The van der Waals surface area contributed by atoms with Crippen molar-refractivity contribution in [3.05, 3.63) is 54.6 Å². The molecule has 4 rings (SSSR count). The molecule has 0 saturated carbocycles. The van der Waals surface area contributed by atoms with Crippen LogP contribution in [0, 0.1) is 6.92 Å². The summed E-state index contributed by atoms with van der Waals surface area (Å²) in [6.45, 7) is 2.76. The lowest BCUT2D eigenvalue weighted by Crippen LogP contribution is -2.02. The molecule has 0 saturated heterocycles. The van der Waals surface area contributed by atoms with Crippen molar-refractivity contribution in [3.8, 4) is 11.4 Å². The minimum atomic E-state index is 0.627. The van der Waals surface area contributed by atoms with E-state index in [4.69, 9.17) is 4.52 Å². The van der Waals surface area contributed by atoms with E-state index in [2.05, 4.69) is 24.7 Å². The number of fused-ring (bicyclic) bond motifs is 1. The Labute approximate surface area is 126 Å². The van der Waals surface area contributed by atoms with Crippen molar-refractivity contribution in [3.63, 3.8) is 0 Å². The molecule has 0 aliphatic heterocycles. The maximum atomic E-state index is 5.38. The third kappa shape index (κ3) is 2.18. The lowest BCUT2D eigenvalue weighted by Gasteiger charge is -2.00. The first-order valence-corrected chi connectivity index (χ1v) is 7.18. The number of nitrogens with one attached hydrogen (secondary N) is 1. The maximum Gasteiger partial charge on any atom is 0.228 e. The number of rotatable bonds is 4. The quantitative estimate of drug-likeness (QED) is 0.628. The molecule has 0 fully saturated rings. The molecule has 0 bridgehead atoms. The molecule has 0 aliphatic carbocycles. The van der Waals surface area contributed by atoms with Gasteiger partial charge >= 0.3 is 0 Å². The first-order valence-electron chi connectivity index (χ1n) is 7.18. The van der Waals surface area contributed by atoms with Crippen LogP contribution in [-0.2, 0) is 13.0 Å². The number of aryl methyl sites for hydroxylation is 3. The van der Waals surface area contributed by atoms with Crippen LogP contribution in [0.15, 0.2) is 47.4 Å². The minimum Gasteiger partial charge on any atom is -0.361 e. The Bertz CT molecular complexity index is 917. The third-order valence-corrected chi connectivity index (χ3v) is 3.79. The highest BCUT2D eigenvalue weighted by atomic mass is 16.5. The fourth-order valence-electron chi connectivity index (χ4n) is 2.60. The molecule has 22 heavy (non-hydrogen) atoms. The van der Waals surface area contributed by atoms with Crippen LogP contribution in [0.4, 0.5) is 0 Å². The molecule has 6 nitrogen and oxygen atoms in total. The van der Waals surface area contributed by atoms with Crippen LogP contribution < -0.4 is 0 Å². The first kappa shape index (κ1) is 12.8. The lowest BCUT2D eigenvalue weighted by atomic mass is 10.1. The molecule has 4 aromatic rings. The van der Waals surface area contributed by atoms with Crippen molar-refractivity contribution in [2.75, 3.05) is 0 Å². The predicted octanol–water partition coefficient (Wildman–Crippen LogP) is 2.97. The van der Waals surface area contributed by atoms with Crippen molar-refractivity contribution in [1.29, 1.82) is 0 Å². The van der Waals surface area contributed by atoms with E-state index in [0.717, 1.165) is 28.8 Å². The molecular weight excluding hydrogens is 278 g/mol. The molecule has 0 spiro atoms. The number of H-pyrrole nitrogens is 1. The summed E-state index contributed by atoms with van der Waals surface area (Å²) in [5, 5.41) is 5.21. The Hall–Kier alpha value is -2.89. The lowest BCUT2D eigenvalue weighted by molar-refractivity contribution is 0.371. The smallest absolute Gasteiger partial charge is 0.228 e. The van der Waals surface area contributed by atoms with Gasteiger partial charge in [-0.2, -0.15) is 4.98 Å². The van der Waals surface area contributed by atoms with Gasteiger partial charge in [0.25, 0.3) is 0 Å². The van der Waals surface area contributed by atoms with Gasteiger partial charge in [0.15, 0.2) is 0 Å². The fraction of sp³-hybridized carbons (Fsp3) is 0.188. The topological polar surface area (TPSA) is 72.5 Å². The van der Waals surface area contributed by atoms with E-state index in [1.54, 1.807) is 6.20 Å². The van der Waals surface area contributed by atoms with Gasteiger partial charge in [-0.25, -0.2) is 4.98 Å². The predicted molar refractivity (Wildman–Crippen MR) is 82.3 cm³/mol. The van der Waals surface area contributed by atoms with Crippen molar-refractivity contribution >= 4 is 10.9 Å². The Morgan fingerprint density at radius 3 is 3.09 bits per heavy atom. The van der Waals surface area contributed by atoms with Crippen LogP contribution in [0.3, 0.4) is 0 Å². The number of aromatic amines is 1. The van der Waals surface area contributed by atoms with Gasteiger partial charge in [-0.1, -0.05) is 17.3 Å². The summed E-state index contributed by atoms with van der Waals surface area (Å²) >= 11 is 0. The van der Waals surface area contributed by atoms with Gasteiger partial charge in [0.1, 0.15) is 5.82 Å². The zero-order chi connectivity index (χ0) is 14.9. The summed E-state index contributed by atoms with van der Waals surface area (Å²) < 4.78 is 7.44. The molecule has 0 amide bonds. The SMILES string of the molecule is Cc1nccn1CCc1nc(-c2cccc3[nH]ccc23)no1. The second-order valence-electron chi connectivity index (χ2n) is 5.17. The number of hydrogen-bond acceptors (Lipinski definition) is 4. The number of hydrogen-bond donors (Lipinski definition) is 1. The summed E-state index contributed by atoms with van der Waals surface area (Å²) in [4.78, 5) is 11.9. The Morgan fingerprint density at radius 1 is 1.27 bits per heavy atom. The van der Waals surface area contributed by atoms with Crippen molar-refractivity contribution in [2.24, 2.45) is 0 Å². The van der Waals surface area contributed by atoms with Gasteiger partial charge in [-0.05, 0) is 19.1 Å². The van der Waals surface area contributed by atoms with Gasteiger partial charge in [-0.3, -0.25) is 0 Å². The zero-order valence-corrected chi connectivity index (χ0v) is 12.2. The Morgan fingerprint density at radius 2 is 2.23 bits per heavy atom. The molecule has 1 aromatic carbocycles. The highest BCUT2D eigenvalue weighted by Gasteiger charge is 2.12. The largest absolute Gasteiger partial charge is 0.361 e. The van der Waals surface area contributed by atoms with E-state index in [-0.39, 0.29) is 0 Å². The summed E-state index contributed by atoms with van der Waals surface area (Å²) in [6.07, 6.45) is 6.35. The maximum absolute atomic E-state index is 5.38. The zero-order valence-electron chi connectivity index (χ0n) is 12.2. The average Bonchev–Trinajstić information content (AvgIpc) is 3.25. The van der Waals surface area contributed by atoms with E-state index in [0.29, 0.717) is 18.1 Å². The highest BCUT2D eigenvalue weighted by Crippen LogP contribution is 2.25. The first-order chi connectivity index (χ1) is 10.8. The molecule has 0 unspecified atom stereocenters. The molecule has 0 atom stereocenters. The van der Waals surface area contributed by atoms with Gasteiger partial charge in [0.05, 0.1) is 0 Å². The number of nitrogens with zero attached hydrogens (tertiary/aromatic N) is 4. The van der Waals surface area contributed by atoms with E-state index in [9.17, 15) is 0 Å². The molecule has 3 heterocycles. The number of benzene rings is 1. The molecule has 0 radical (unpaired) electrons. The minimum absolute atomic E-state index is 0.627. The number of aromatic nitrogens is 5. The van der Waals surface area contributed by atoms with Crippen LogP contribution in [0.5, 0.6) is 0 Å². The Balaban J connectivity index is 1.59. The van der Waals surface area contributed by atoms with Gasteiger partial charge < -0.3 is 14.1 Å². The average molecular weight is 293 g/mol. The molecular formula is C16H15N5O. The standard InChI is InChI=1S/C16H15N5O/c1-11-17-8-10-21(11)9-6-15-19-16(20-22-15)13-3-2-4-14-12(13)5-7-18-14/h2-5,7-8,10,18H,6,9H2,1H3. The van der Waals surface area contributed by atoms with E-state index >= 15 is 0 Å². The van der Waals surface area contributed by atoms with Crippen LogP contribution in [0.1, 0.15) is 11.7 Å². The number of imidazole rings is 1. The Kier molecular flexibility index (Phi) is 3.00. The highest BCUT2D eigenvalue weighted by molar-refractivity contribution is 5.93. The van der Waals surface area contributed by atoms with E-state index in [1.165, 1.54) is 0 Å². The van der Waals surface area contributed by atoms with E-state index < -0.39 is 0 Å². The van der Waals surface area contributed by atoms with Gasteiger partial charge in [0, 0.05) is 48.0 Å². The summed E-state index contributed by atoms with van der Waals surface area (Å²) in [7, 11) is 0. The van der Waals surface area contributed by atoms with Crippen molar-refractivity contribution in [1.82, 2.24) is 24.7 Å².